The Morgan fingerprint density at radius 2 is 1.81 bits per heavy atom. The highest BCUT2D eigenvalue weighted by molar-refractivity contribution is 5.93. The van der Waals surface area contributed by atoms with Gasteiger partial charge < -0.3 is 30.4 Å². The SMILES string of the molecule is Cc1c(Nc2nccc3cc(CN4CC[C@@H](O)C4)cnc23)cccc1-c1cccc(-c2cc3cc4c(c(C#N)c3o2)CC[C@H]4NCC(O)CO)c1C. The minimum absolute atomic E-state index is 0.00655. The van der Waals surface area contributed by atoms with Crippen LogP contribution in [0.15, 0.2) is 77.5 Å². The van der Waals surface area contributed by atoms with Crippen molar-refractivity contribution in [3.8, 4) is 28.5 Å². The summed E-state index contributed by atoms with van der Waals surface area (Å²) in [5.74, 6) is 1.39. The van der Waals surface area contributed by atoms with Crippen molar-refractivity contribution >= 4 is 33.4 Å². The van der Waals surface area contributed by atoms with E-state index < -0.39 is 6.10 Å². The molecular weight excluding hydrogens is 653 g/mol. The van der Waals surface area contributed by atoms with E-state index in [1.165, 1.54) is 0 Å². The number of aliphatic hydroxyl groups excluding tert-OH is 3. The second-order valence-electron chi connectivity index (χ2n) is 14.1. The average molecular weight is 695 g/mol. The van der Waals surface area contributed by atoms with Gasteiger partial charge in [-0.25, -0.2) is 4.98 Å². The number of hydrogen-bond acceptors (Lipinski definition) is 10. The minimum Gasteiger partial charge on any atom is -0.455 e. The van der Waals surface area contributed by atoms with Crippen molar-refractivity contribution < 1.29 is 19.7 Å². The van der Waals surface area contributed by atoms with Crippen LogP contribution in [0.3, 0.4) is 0 Å². The Labute approximate surface area is 302 Å². The van der Waals surface area contributed by atoms with E-state index >= 15 is 0 Å². The monoisotopic (exact) mass is 694 g/mol. The molecule has 5 N–H and O–H groups in total. The number of hydrogen-bond donors (Lipinski definition) is 5. The van der Waals surface area contributed by atoms with E-state index in [-0.39, 0.29) is 25.3 Å². The maximum atomic E-state index is 10.2. The molecule has 6 aromatic rings. The fraction of sp³-hybridized carbons (Fsp3) is 0.310. The number of benzene rings is 3. The Kier molecular flexibility index (Phi) is 9.22. The standard InChI is InChI=1S/C42H42N6O4/c1-24-31(5-3-7-33(24)39-17-28-16-35-34(36(18-43)41(28)52-39)9-10-38(35)45-20-30(51)23-49)32-6-4-8-37(25(32)2)47-42-40-27(11-13-44-42)15-26(19-46-40)21-48-14-12-29(50)22-48/h3-8,11,13,15-17,19,29-30,38,45,49-51H,9-10,12,14,20-23H2,1-2H3,(H,44,47)/t29-,30?,38-/m1/s1. The number of nitrogens with one attached hydrogen (secondary N) is 2. The first-order valence-electron chi connectivity index (χ1n) is 17.9. The summed E-state index contributed by atoms with van der Waals surface area (Å²) in [5.41, 5.74) is 11.3. The third-order valence-corrected chi connectivity index (χ3v) is 10.7. The van der Waals surface area contributed by atoms with Crippen LogP contribution in [-0.2, 0) is 13.0 Å². The molecule has 10 heteroatoms. The summed E-state index contributed by atoms with van der Waals surface area (Å²) >= 11 is 0. The molecule has 1 aliphatic heterocycles. The number of anilines is 2. The zero-order valence-corrected chi connectivity index (χ0v) is 29.4. The molecule has 1 unspecified atom stereocenters. The predicted molar refractivity (Wildman–Crippen MR) is 202 cm³/mol. The first-order chi connectivity index (χ1) is 25.3. The lowest BCUT2D eigenvalue weighted by Gasteiger charge is -2.17. The van der Waals surface area contributed by atoms with Gasteiger partial charge in [0, 0.05) is 66.6 Å². The summed E-state index contributed by atoms with van der Waals surface area (Å²) in [6.07, 6.45) is 5.00. The Morgan fingerprint density at radius 3 is 2.60 bits per heavy atom. The number of furan rings is 1. The summed E-state index contributed by atoms with van der Waals surface area (Å²) in [4.78, 5) is 11.7. The zero-order chi connectivity index (χ0) is 35.9. The van der Waals surface area contributed by atoms with Crippen LogP contribution < -0.4 is 10.6 Å². The molecule has 4 heterocycles. The first-order valence-corrected chi connectivity index (χ1v) is 17.9. The lowest BCUT2D eigenvalue weighted by Crippen LogP contribution is -2.31. The van der Waals surface area contributed by atoms with Crippen molar-refractivity contribution in [1.29, 1.82) is 5.26 Å². The molecule has 1 aliphatic carbocycles. The lowest BCUT2D eigenvalue weighted by atomic mass is 9.92. The number of aliphatic hydroxyl groups is 3. The summed E-state index contributed by atoms with van der Waals surface area (Å²) < 4.78 is 6.49. The zero-order valence-electron chi connectivity index (χ0n) is 29.4. The van der Waals surface area contributed by atoms with E-state index in [1.807, 2.05) is 30.5 Å². The Balaban J connectivity index is 1.09. The maximum absolute atomic E-state index is 10.2. The largest absolute Gasteiger partial charge is 0.455 e. The number of pyridine rings is 2. The van der Waals surface area contributed by atoms with Crippen LogP contribution in [-0.4, -0.2) is 68.6 Å². The van der Waals surface area contributed by atoms with Crippen molar-refractivity contribution in [1.82, 2.24) is 20.2 Å². The van der Waals surface area contributed by atoms with Crippen molar-refractivity contribution in [3.63, 3.8) is 0 Å². The van der Waals surface area contributed by atoms with Crippen LogP contribution in [0.4, 0.5) is 11.5 Å². The van der Waals surface area contributed by atoms with Gasteiger partial charge in [-0.2, -0.15) is 5.26 Å². The second kappa shape index (κ2) is 14.1. The number of nitrogens with zero attached hydrogens (tertiary/aromatic N) is 4. The molecule has 8 rings (SSSR count). The lowest BCUT2D eigenvalue weighted by molar-refractivity contribution is 0.0919. The summed E-state index contributed by atoms with van der Waals surface area (Å²) in [6.45, 7) is 6.53. The molecule has 0 amide bonds. The van der Waals surface area contributed by atoms with Gasteiger partial charge in [-0.05, 0) is 102 Å². The fourth-order valence-electron chi connectivity index (χ4n) is 7.96. The number of β-amino-alcohol motifs (C(OH)–C–C–N with tert-alkyl or cyclic N) is 1. The van der Waals surface area contributed by atoms with E-state index in [0.717, 1.165) is 98.8 Å². The maximum Gasteiger partial charge on any atom is 0.156 e. The summed E-state index contributed by atoms with van der Waals surface area (Å²) in [6, 6.07) is 23.1. The normalized spacial score (nSPS) is 17.8. The number of nitriles is 1. The third-order valence-electron chi connectivity index (χ3n) is 10.7. The van der Waals surface area contributed by atoms with Gasteiger partial charge in [-0.3, -0.25) is 9.88 Å². The Bertz CT molecular complexity index is 2350. The van der Waals surface area contributed by atoms with Gasteiger partial charge in [0.2, 0.25) is 0 Å². The average Bonchev–Trinajstić information content (AvgIpc) is 3.88. The molecule has 0 bridgehead atoms. The van der Waals surface area contributed by atoms with Gasteiger partial charge in [-0.15, -0.1) is 0 Å². The predicted octanol–water partition coefficient (Wildman–Crippen LogP) is 6.44. The molecule has 1 fully saturated rings. The van der Waals surface area contributed by atoms with Crippen molar-refractivity contribution in [3.05, 3.63) is 106 Å². The molecule has 2 aliphatic rings. The second-order valence-corrected chi connectivity index (χ2v) is 14.1. The van der Waals surface area contributed by atoms with Crippen LogP contribution in [0.2, 0.25) is 0 Å². The molecule has 10 nitrogen and oxygen atoms in total. The van der Waals surface area contributed by atoms with E-state index in [4.69, 9.17) is 9.40 Å². The Hall–Kier alpha value is -5.15. The molecule has 0 saturated carbocycles. The van der Waals surface area contributed by atoms with Gasteiger partial charge >= 0.3 is 0 Å². The molecular formula is C42H42N6O4. The van der Waals surface area contributed by atoms with Crippen molar-refractivity contribution in [2.45, 2.75) is 57.9 Å². The third kappa shape index (κ3) is 6.32. The van der Waals surface area contributed by atoms with Crippen LogP contribution >= 0.6 is 0 Å². The Morgan fingerprint density at radius 1 is 1.00 bits per heavy atom. The van der Waals surface area contributed by atoms with E-state index in [0.29, 0.717) is 29.3 Å². The number of rotatable bonds is 10. The highest BCUT2D eigenvalue weighted by Crippen LogP contribution is 2.42. The first kappa shape index (κ1) is 34.0. The molecule has 264 valence electrons. The van der Waals surface area contributed by atoms with Crippen LogP contribution in [0.5, 0.6) is 0 Å². The topological polar surface area (TPSA) is 151 Å². The van der Waals surface area contributed by atoms with E-state index in [1.54, 1.807) is 6.20 Å². The van der Waals surface area contributed by atoms with Crippen molar-refractivity contribution in [2.75, 3.05) is 31.6 Å². The van der Waals surface area contributed by atoms with Gasteiger partial charge in [0.05, 0.1) is 24.4 Å². The van der Waals surface area contributed by atoms with Gasteiger partial charge in [0.1, 0.15) is 17.3 Å². The number of aromatic nitrogens is 2. The minimum atomic E-state index is -0.832. The van der Waals surface area contributed by atoms with Gasteiger partial charge in [0.15, 0.2) is 11.4 Å². The van der Waals surface area contributed by atoms with Gasteiger partial charge in [-0.1, -0.05) is 30.3 Å². The van der Waals surface area contributed by atoms with Crippen molar-refractivity contribution in [2.24, 2.45) is 0 Å². The molecule has 0 spiro atoms. The molecule has 3 aromatic carbocycles. The summed E-state index contributed by atoms with van der Waals surface area (Å²) in [5, 5.41) is 48.1. The van der Waals surface area contributed by atoms with Crippen LogP contribution in [0, 0.1) is 25.2 Å². The summed E-state index contributed by atoms with van der Waals surface area (Å²) in [7, 11) is 0. The molecule has 52 heavy (non-hydrogen) atoms. The highest BCUT2D eigenvalue weighted by atomic mass is 16.3. The molecule has 3 aromatic heterocycles. The smallest absolute Gasteiger partial charge is 0.156 e. The fourth-order valence-corrected chi connectivity index (χ4v) is 7.96. The van der Waals surface area contributed by atoms with E-state index in [2.05, 4.69) is 76.8 Å². The van der Waals surface area contributed by atoms with Gasteiger partial charge in [0.25, 0.3) is 0 Å². The van der Waals surface area contributed by atoms with Crippen LogP contribution in [0.1, 0.15) is 52.3 Å². The molecule has 0 radical (unpaired) electrons. The molecule has 3 atom stereocenters. The quantitative estimate of drug-likeness (QED) is 0.108. The number of likely N-dealkylation sites (tertiary alicyclic amines) is 1. The molecule has 1 saturated heterocycles. The van der Waals surface area contributed by atoms with Crippen LogP contribution in [0.25, 0.3) is 44.3 Å². The number of fused-ring (bicyclic) bond motifs is 3. The highest BCUT2D eigenvalue weighted by Gasteiger charge is 2.29. The van der Waals surface area contributed by atoms with E-state index in [9.17, 15) is 20.6 Å².